The van der Waals surface area contributed by atoms with Crippen LogP contribution in [-0.2, 0) is 0 Å². The molecule has 1 aromatic heterocycles. The molecule has 0 spiro atoms. The molecule has 0 aliphatic carbocycles. The van der Waals surface area contributed by atoms with Gasteiger partial charge in [0.2, 0.25) is 0 Å². The van der Waals surface area contributed by atoms with Crippen LogP contribution in [-0.4, -0.2) is 10.3 Å². The van der Waals surface area contributed by atoms with Gasteiger partial charge in [-0.15, -0.1) is 0 Å². The molecule has 0 saturated carbocycles. The third-order valence-electron chi connectivity index (χ3n) is 2.90. The number of aromatic nitrogens is 1. The average molecular weight is 290 g/mol. The van der Waals surface area contributed by atoms with Gasteiger partial charge in [-0.2, -0.15) is 0 Å². The van der Waals surface area contributed by atoms with Crippen LogP contribution in [0.25, 0.3) is 17.0 Å². The standard InChI is InChI=1S/C15H16BrN/c1-11(2)14(10-16)9-13-6-3-5-12-7-4-8-17-15(12)13/h3-9,11H,10H2,1-2H3. The lowest BCUT2D eigenvalue weighted by atomic mass is 10.0. The Hall–Kier alpha value is -1.15. The third-order valence-corrected chi connectivity index (χ3v) is 3.55. The molecular formula is C15H16BrN. The summed E-state index contributed by atoms with van der Waals surface area (Å²) in [5.41, 5.74) is 3.67. The quantitative estimate of drug-likeness (QED) is 0.749. The number of pyridine rings is 1. The minimum atomic E-state index is 0.549. The lowest BCUT2D eigenvalue weighted by Crippen LogP contribution is -1.95. The molecule has 0 bridgehead atoms. The Labute approximate surface area is 111 Å². The van der Waals surface area contributed by atoms with Gasteiger partial charge in [-0.05, 0) is 12.0 Å². The summed E-state index contributed by atoms with van der Waals surface area (Å²) in [6.07, 6.45) is 4.09. The van der Waals surface area contributed by atoms with Gasteiger partial charge in [0, 0.05) is 22.5 Å². The van der Waals surface area contributed by atoms with E-state index in [0.29, 0.717) is 5.92 Å². The highest BCUT2D eigenvalue weighted by atomic mass is 79.9. The Balaban J connectivity index is 2.56. The molecule has 0 atom stereocenters. The number of benzene rings is 1. The predicted octanol–water partition coefficient (Wildman–Crippen LogP) is 4.67. The van der Waals surface area contributed by atoms with Gasteiger partial charge in [-0.1, -0.05) is 65.7 Å². The SMILES string of the molecule is CC(C)C(=Cc1cccc2cccnc12)CBr. The van der Waals surface area contributed by atoms with Crippen LogP contribution in [0.2, 0.25) is 0 Å². The number of alkyl halides is 1. The molecule has 2 rings (SSSR count). The van der Waals surface area contributed by atoms with Crippen LogP contribution >= 0.6 is 15.9 Å². The smallest absolute Gasteiger partial charge is 0.0774 e. The fraction of sp³-hybridized carbons (Fsp3) is 0.267. The molecule has 88 valence electrons. The summed E-state index contributed by atoms with van der Waals surface area (Å²) in [5, 5.41) is 2.10. The van der Waals surface area contributed by atoms with Crippen LogP contribution in [0, 0.1) is 5.92 Å². The summed E-state index contributed by atoms with van der Waals surface area (Å²) >= 11 is 3.55. The first kappa shape index (κ1) is 12.3. The Morgan fingerprint density at radius 3 is 2.76 bits per heavy atom. The van der Waals surface area contributed by atoms with E-state index >= 15 is 0 Å². The number of fused-ring (bicyclic) bond motifs is 1. The molecule has 0 saturated heterocycles. The van der Waals surface area contributed by atoms with Crippen LogP contribution in [0.4, 0.5) is 0 Å². The number of halogens is 1. The minimum Gasteiger partial charge on any atom is -0.256 e. The third kappa shape index (κ3) is 2.75. The van der Waals surface area contributed by atoms with Crippen molar-refractivity contribution >= 4 is 32.9 Å². The molecule has 17 heavy (non-hydrogen) atoms. The maximum absolute atomic E-state index is 4.47. The van der Waals surface area contributed by atoms with Crippen LogP contribution in [0.15, 0.2) is 42.1 Å². The van der Waals surface area contributed by atoms with Gasteiger partial charge in [0.1, 0.15) is 0 Å². The molecule has 2 heteroatoms. The maximum atomic E-state index is 4.47. The second-order valence-electron chi connectivity index (χ2n) is 4.43. The van der Waals surface area contributed by atoms with Crippen LogP contribution in [0.3, 0.4) is 0 Å². The second kappa shape index (κ2) is 5.46. The first-order valence-electron chi connectivity index (χ1n) is 5.82. The van der Waals surface area contributed by atoms with E-state index in [9.17, 15) is 0 Å². The van der Waals surface area contributed by atoms with Gasteiger partial charge >= 0.3 is 0 Å². The van der Waals surface area contributed by atoms with Gasteiger partial charge in [0.05, 0.1) is 5.52 Å². The lowest BCUT2D eigenvalue weighted by molar-refractivity contribution is 0.781. The Kier molecular flexibility index (Phi) is 3.95. The lowest BCUT2D eigenvalue weighted by Gasteiger charge is -2.09. The Bertz CT molecular complexity index is 538. The zero-order chi connectivity index (χ0) is 12.3. The van der Waals surface area contributed by atoms with Gasteiger partial charge in [0.25, 0.3) is 0 Å². The van der Waals surface area contributed by atoms with Crippen molar-refractivity contribution in [3.63, 3.8) is 0 Å². The molecule has 0 unspecified atom stereocenters. The molecule has 0 aliphatic rings. The summed E-state index contributed by atoms with van der Waals surface area (Å²) in [6.45, 7) is 4.43. The van der Waals surface area contributed by atoms with Crippen molar-refractivity contribution in [1.82, 2.24) is 4.98 Å². The van der Waals surface area contributed by atoms with Gasteiger partial charge in [0.15, 0.2) is 0 Å². The molecule has 1 aromatic carbocycles. The average Bonchev–Trinajstić information content (AvgIpc) is 2.35. The summed E-state index contributed by atoms with van der Waals surface area (Å²) in [5.74, 6) is 0.549. The number of para-hydroxylation sites is 1. The Morgan fingerprint density at radius 1 is 1.29 bits per heavy atom. The predicted molar refractivity (Wildman–Crippen MR) is 78.4 cm³/mol. The molecule has 0 amide bonds. The van der Waals surface area contributed by atoms with Gasteiger partial charge < -0.3 is 0 Å². The van der Waals surface area contributed by atoms with Crippen LogP contribution < -0.4 is 0 Å². The zero-order valence-corrected chi connectivity index (χ0v) is 11.7. The van der Waals surface area contributed by atoms with Crippen molar-refractivity contribution in [3.8, 4) is 0 Å². The van der Waals surface area contributed by atoms with E-state index < -0.39 is 0 Å². The summed E-state index contributed by atoms with van der Waals surface area (Å²) in [7, 11) is 0. The van der Waals surface area contributed by atoms with Crippen molar-refractivity contribution in [3.05, 3.63) is 47.7 Å². The van der Waals surface area contributed by atoms with Gasteiger partial charge in [-0.3, -0.25) is 4.98 Å². The van der Waals surface area contributed by atoms with Crippen molar-refractivity contribution in [2.24, 2.45) is 5.92 Å². The van der Waals surface area contributed by atoms with Crippen molar-refractivity contribution in [2.45, 2.75) is 13.8 Å². The Morgan fingerprint density at radius 2 is 2.06 bits per heavy atom. The van der Waals surface area contributed by atoms with E-state index in [1.54, 1.807) is 0 Å². The second-order valence-corrected chi connectivity index (χ2v) is 4.99. The van der Waals surface area contributed by atoms with Crippen LogP contribution in [0.1, 0.15) is 19.4 Å². The molecule has 1 heterocycles. The fourth-order valence-corrected chi connectivity index (χ4v) is 2.61. The van der Waals surface area contributed by atoms with Gasteiger partial charge in [-0.25, -0.2) is 0 Å². The first-order chi connectivity index (χ1) is 8.22. The molecule has 0 fully saturated rings. The van der Waals surface area contributed by atoms with E-state index in [-0.39, 0.29) is 0 Å². The van der Waals surface area contributed by atoms with E-state index in [4.69, 9.17) is 0 Å². The number of allylic oxidation sites excluding steroid dienone is 1. The van der Waals surface area contributed by atoms with E-state index in [0.717, 1.165) is 10.8 Å². The van der Waals surface area contributed by atoms with Crippen molar-refractivity contribution < 1.29 is 0 Å². The number of hydrogen-bond acceptors (Lipinski definition) is 1. The van der Waals surface area contributed by atoms with Crippen molar-refractivity contribution in [2.75, 3.05) is 5.33 Å². The molecule has 0 aliphatic heterocycles. The zero-order valence-electron chi connectivity index (χ0n) is 10.2. The molecule has 2 aromatic rings. The maximum Gasteiger partial charge on any atom is 0.0774 e. The minimum absolute atomic E-state index is 0.549. The topological polar surface area (TPSA) is 12.9 Å². The summed E-state index contributed by atoms with van der Waals surface area (Å²) in [4.78, 5) is 4.47. The van der Waals surface area contributed by atoms with E-state index in [1.807, 2.05) is 12.3 Å². The molecular weight excluding hydrogens is 274 g/mol. The monoisotopic (exact) mass is 289 g/mol. The number of nitrogens with zero attached hydrogens (tertiary/aromatic N) is 1. The number of rotatable bonds is 3. The highest BCUT2D eigenvalue weighted by Gasteiger charge is 2.04. The normalized spacial score (nSPS) is 12.4. The largest absolute Gasteiger partial charge is 0.256 e. The van der Waals surface area contributed by atoms with E-state index in [2.05, 4.69) is 65.1 Å². The highest BCUT2D eigenvalue weighted by Crippen LogP contribution is 2.22. The fourth-order valence-electron chi connectivity index (χ4n) is 1.80. The van der Waals surface area contributed by atoms with Crippen LogP contribution in [0.5, 0.6) is 0 Å². The highest BCUT2D eigenvalue weighted by molar-refractivity contribution is 9.09. The van der Waals surface area contributed by atoms with Crippen molar-refractivity contribution in [1.29, 1.82) is 0 Å². The molecule has 1 nitrogen and oxygen atoms in total. The summed E-state index contributed by atoms with van der Waals surface area (Å²) < 4.78 is 0. The summed E-state index contributed by atoms with van der Waals surface area (Å²) in [6, 6.07) is 10.4. The molecule has 0 N–H and O–H groups in total. The number of hydrogen-bond donors (Lipinski definition) is 0. The molecule has 0 radical (unpaired) electrons. The first-order valence-corrected chi connectivity index (χ1v) is 6.94. The van der Waals surface area contributed by atoms with E-state index in [1.165, 1.54) is 16.5 Å².